The molecule has 0 aliphatic carbocycles. The van der Waals surface area contributed by atoms with Gasteiger partial charge in [0, 0.05) is 74.9 Å². The monoisotopic (exact) mass is 539 g/mol. The van der Waals surface area contributed by atoms with Gasteiger partial charge in [-0.25, -0.2) is 9.97 Å². The molecule has 0 spiro atoms. The van der Waals surface area contributed by atoms with Crippen LogP contribution >= 0.6 is 0 Å². The van der Waals surface area contributed by atoms with Crippen LogP contribution in [0, 0.1) is 0 Å². The van der Waals surface area contributed by atoms with E-state index in [1.165, 1.54) is 0 Å². The smallest absolute Gasteiger partial charge is 0.270 e. The molecule has 6 rings (SSSR count). The third-order valence-corrected chi connectivity index (χ3v) is 7.57. The third-order valence-electron chi connectivity index (χ3n) is 7.57. The Morgan fingerprint density at radius 2 is 1.82 bits per heavy atom. The standard InChI is InChI=1S/C30H33N7O3/c1-35-11-13-37(14-12-35)30(39)27-19-22-17-21(4-5-24(22)33-27)18-28-32-9-7-25(34-28)26-20-23(6-8-31-26)40-16-15-36-10-2-3-29(36)38/h4-9,17,19-20,33H,2-3,10-16,18H2,1H3. The van der Waals surface area contributed by atoms with E-state index in [-0.39, 0.29) is 11.8 Å². The van der Waals surface area contributed by atoms with Gasteiger partial charge in [-0.05, 0) is 49.4 Å². The molecule has 2 saturated heterocycles. The lowest BCUT2D eigenvalue weighted by molar-refractivity contribution is -0.128. The summed E-state index contributed by atoms with van der Waals surface area (Å²) in [4.78, 5) is 47.8. The highest BCUT2D eigenvalue weighted by Gasteiger charge is 2.22. The minimum Gasteiger partial charge on any atom is -0.492 e. The molecule has 10 nitrogen and oxygen atoms in total. The maximum atomic E-state index is 13.0. The number of aromatic amines is 1. The summed E-state index contributed by atoms with van der Waals surface area (Å²) in [6.07, 6.45) is 5.55. The summed E-state index contributed by atoms with van der Waals surface area (Å²) in [6, 6.07) is 13.6. The second-order valence-electron chi connectivity index (χ2n) is 10.4. The lowest BCUT2D eigenvalue weighted by Gasteiger charge is -2.32. The second kappa shape index (κ2) is 11.4. The topological polar surface area (TPSA) is 108 Å². The normalized spacial score (nSPS) is 16.2. The molecule has 206 valence electrons. The minimum atomic E-state index is 0.0464. The number of likely N-dealkylation sites (N-methyl/N-ethyl adjacent to an activating group) is 1. The average molecular weight is 540 g/mol. The zero-order valence-electron chi connectivity index (χ0n) is 22.7. The molecule has 1 aromatic carbocycles. The maximum Gasteiger partial charge on any atom is 0.270 e. The van der Waals surface area contributed by atoms with Crippen molar-refractivity contribution >= 4 is 22.7 Å². The molecule has 2 fully saturated rings. The van der Waals surface area contributed by atoms with Gasteiger partial charge in [0.1, 0.15) is 23.9 Å². The number of aromatic nitrogens is 4. The van der Waals surface area contributed by atoms with E-state index in [1.807, 2.05) is 46.2 Å². The number of pyridine rings is 1. The van der Waals surface area contributed by atoms with Crippen LogP contribution in [-0.4, -0.2) is 99.4 Å². The van der Waals surface area contributed by atoms with Crippen molar-refractivity contribution < 1.29 is 14.3 Å². The van der Waals surface area contributed by atoms with E-state index in [4.69, 9.17) is 9.72 Å². The highest BCUT2D eigenvalue weighted by molar-refractivity contribution is 5.98. The van der Waals surface area contributed by atoms with Crippen LogP contribution in [0.1, 0.15) is 34.7 Å². The number of ether oxygens (including phenoxy) is 1. The molecule has 0 unspecified atom stereocenters. The van der Waals surface area contributed by atoms with Crippen LogP contribution in [0.4, 0.5) is 0 Å². The first-order chi connectivity index (χ1) is 19.5. The number of hydrogen-bond acceptors (Lipinski definition) is 7. The summed E-state index contributed by atoms with van der Waals surface area (Å²) in [5.41, 5.74) is 4.03. The number of benzene rings is 1. The molecule has 3 aromatic heterocycles. The first-order valence-electron chi connectivity index (χ1n) is 13.8. The number of H-pyrrole nitrogens is 1. The van der Waals surface area contributed by atoms with Crippen molar-refractivity contribution in [2.75, 3.05) is 52.9 Å². The predicted molar refractivity (Wildman–Crippen MR) is 151 cm³/mol. The summed E-state index contributed by atoms with van der Waals surface area (Å²) in [7, 11) is 2.08. The van der Waals surface area contributed by atoms with Crippen LogP contribution < -0.4 is 4.74 Å². The Balaban J connectivity index is 1.12. The maximum absolute atomic E-state index is 13.0. The van der Waals surface area contributed by atoms with Gasteiger partial charge in [0.15, 0.2) is 0 Å². The number of rotatable bonds is 8. The number of nitrogens with zero attached hydrogens (tertiary/aromatic N) is 6. The fraction of sp³-hybridized carbons (Fsp3) is 0.367. The Kier molecular flexibility index (Phi) is 7.41. The number of hydrogen-bond donors (Lipinski definition) is 1. The van der Waals surface area contributed by atoms with Gasteiger partial charge >= 0.3 is 0 Å². The highest BCUT2D eigenvalue weighted by atomic mass is 16.5. The third kappa shape index (κ3) is 5.81. The van der Waals surface area contributed by atoms with E-state index < -0.39 is 0 Å². The van der Waals surface area contributed by atoms with Crippen LogP contribution in [0.25, 0.3) is 22.3 Å². The molecule has 4 aromatic rings. The average Bonchev–Trinajstić information content (AvgIpc) is 3.59. The fourth-order valence-electron chi connectivity index (χ4n) is 5.25. The van der Waals surface area contributed by atoms with Gasteiger partial charge < -0.3 is 24.4 Å². The summed E-state index contributed by atoms with van der Waals surface area (Å²) >= 11 is 0. The van der Waals surface area contributed by atoms with E-state index in [1.54, 1.807) is 12.4 Å². The van der Waals surface area contributed by atoms with Gasteiger partial charge in [-0.3, -0.25) is 14.6 Å². The second-order valence-corrected chi connectivity index (χ2v) is 10.4. The van der Waals surface area contributed by atoms with Gasteiger partial charge in [0.05, 0.1) is 17.9 Å². The summed E-state index contributed by atoms with van der Waals surface area (Å²) < 4.78 is 5.90. The molecule has 1 N–H and O–H groups in total. The van der Waals surface area contributed by atoms with Crippen molar-refractivity contribution in [3.63, 3.8) is 0 Å². The molecule has 0 radical (unpaired) electrons. The number of nitrogens with one attached hydrogen (secondary N) is 1. The lowest BCUT2D eigenvalue weighted by Crippen LogP contribution is -2.47. The molecule has 2 amide bonds. The van der Waals surface area contributed by atoms with Gasteiger partial charge in [0.25, 0.3) is 5.91 Å². The first-order valence-corrected chi connectivity index (χ1v) is 13.8. The zero-order chi connectivity index (χ0) is 27.5. The Morgan fingerprint density at radius 3 is 2.65 bits per heavy atom. The molecule has 10 heteroatoms. The van der Waals surface area contributed by atoms with E-state index >= 15 is 0 Å². The molecular weight excluding hydrogens is 506 g/mol. The Hall–Kier alpha value is -4.31. The van der Waals surface area contributed by atoms with E-state index in [2.05, 4.69) is 33.0 Å². The quantitative estimate of drug-likeness (QED) is 0.367. The number of piperazine rings is 1. The number of likely N-dealkylation sites (tertiary alicyclic amines) is 1. The molecule has 5 heterocycles. The Bertz CT molecular complexity index is 1530. The first kappa shape index (κ1) is 25.9. The molecule has 2 aliphatic rings. The van der Waals surface area contributed by atoms with E-state index in [0.717, 1.165) is 55.6 Å². The zero-order valence-corrected chi connectivity index (χ0v) is 22.7. The summed E-state index contributed by atoms with van der Waals surface area (Å²) in [5.74, 6) is 1.62. The summed E-state index contributed by atoms with van der Waals surface area (Å²) in [5, 5.41) is 0.994. The number of carbonyl (C=O) groups excluding carboxylic acids is 2. The van der Waals surface area contributed by atoms with Crippen molar-refractivity contribution in [1.29, 1.82) is 0 Å². The van der Waals surface area contributed by atoms with Crippen molar-refractivity contribution in [1.82, 2.24) is 34.6 Å². The predicted octanol–water partition coefficient (Wildman–Crippen LogP) is 3.00. The van der Waals surface area contributed by atoms with Crippen LogP contribution in [-0.2, 0) is 11.2 Å². The van der Waals surface area contributed by atoms with Gasteiger partial charge in [0.2, 0.25) is 5.91 Å². The Morgan fingerprint density at radius 1 is 0.975 bits per heavy atom. The van der Waals surface area contributed by atoms with Crippen molar-refractivity contribution in [3.8, 4) is 17.1 Å². The van der Waals surface area contributed by atoms with Crippen LogP contribution in [0.2, 0.25) is 0 Å². The molecule has 0 atom stereocenters. The van der Waals surface area contributed by atoms with Crippen molar-refractivity contribution in [2.45, 2.75) is 19.3 Å². The van der Waals surface area contributed by atoms with Crippen molar-refractivity contribution in [3.05, 3.63) is 71.9 Å². The van der Waals surface area contributed by atoms with Crippen LogP contribution in [0.3, 0.4) is 0 Å². The minimum absolute atomic E-state index is 0.0464. The SMILES string of the molecule is CN1CCN(C(=O)c2cc3cc(Cc4nccc(-c5cc(OCCN6CCCC6=O)ccn5)n4)ccc3[nH]2)CC1. The Labute approximate surface area is 233 Å². The van der Waals surface area contributed by atoms with Crippen LogP contribution in [0.5, 0.6) is 5.75 Å². The van der Waals surface area contributed by atoms with E-state index in [0.29, 0.717) is 54.6 Å². The molecule has 0 bridgehead atoms. The van der Waals surface area contributed by atoms with Crippen molar-refractivity contribution in [2.24, 2.45) is 0 Å². The molecule has 0 saturated carbocycles. The van der Waals surface area contributed by atoms with Gasteiger partial charge in [-0.1, -0.05) is 6.07 Å². The number of fused-ring (bicyclic) bond motifs is 1. The number of amides is 2. The van der Waals surface area contributed by atoms with Gasteiger partial charge in [-0.15, -0.1) is 0 Å². The van der Waals surface area contributed by atoms with Gasteiger partial charge in [-0.2, -0.15) is 0 Å². The molecule has 2 aliphatic heterocycles. The highest BCUT2D eigenvalue weighted by Crippen LogP contribution is 2.23. The number of carbonyl (C=O) groups is 2. The lowest BCUT2D eigenvalue weighted by atomic mass is 10.1. The molecular formula is C30H33N7O3. The largest absolute Gasteiger partial charge is 0.492 e. The van der Waals surface area contributed by atoms with E-state index in [9.17, 15) is 9.59 Å². The van der Waals surface area contributed by atoms with Crippen LogP contribution in [0.15, 0.2) is 54.9 Å². The summed E-state index contributed by atoms with van der Waals surface area (Å²) in [6.45, 7) is 5.10. The molecule has 40 heavy (non-hydrogen) atoms. The fourth-order valence-corrected chi connectivity index (χ4v) is 5.25.